The van der Waals surface area contributed by atoms with Crippen molar-refractivity contribution in [3.05, 3.63) is 71.3 Å². The van der Waals surface area contributed by atoms with E-state index < -0.39 is 0 Å². The molecule has 0 aliphatic rings. The number of nitrogens with two attached hydrogens (primary N) is 1. The van der Waals surface area contributed by atoms with Crippen LogP contribution in [0.3, 0.4) is 0 Å². The topological polar surface area (TPSA) is 38.0 Å². The van der Waals surface area contributed by atoms with E-state index in [0.717, 1.165) is 25.7 Å². The van der Waals surface area contributed by atoms with E-state index in [4.69, 9.17) is 5.84 Å². The fourth-order valence-electron chi connectivity index (χ4n) is 2.52. The highest BCUT2D eigenvalue weighted by atomic mass is 15.2. The third-order valence-corrected chi connectivity index (χ3v) is 3.88. The Balaban J connectivity index is 1.82. The van der Waals surface area contributed by atoms with Crippen LogP contribution in [-0.2, 0) is 12.8 Å². The number of rotatable bonds is 7. The Hall–Kier alpha value is -1.64. The summed E-state index contributed by atoms with van der Waals surface area (Å²) in [4.78, 5) is 0. The van der Waals surface area contributed by atoms with Crippen LogP contribution in [-0.4, -0.2) is 6.04 Å². The molecule has 0 aliphatic carbocycles. The summed E-state index contributed by atoms with van der Waals surface area (Å²) in [5, 5.41) is 0. The molecular weight excluding hydrogens is 244 g/mol. The van der Waals surface area contributed by atoms with Gasteiger partial charge in [-0.05, 0) is 49.3 Å². The van der Waals surface area contributed by atoms with Gasteiger partial charge in [-0.25, -0.2) is 0 Å². The molecule has 1 unspecified atom stereocenters. The normalized spacial score (nSPS) is 12.3. The molecule has 3 N–H and O–H groups in total. The second-order valence-electron chi connectivity index (χ2n) is 5.35. The highest BCUT2D eigenvalue weighted by molar-refractivity contribution is 5.25. The van der Waals surface area contributed by atoms with Gasteiger partial charge < -0.3 is 0 Å². The molecule has 20 heavy (non-hydrogen) atoms. The molecule has 0 radical (unpaired) electrons. The van der Waals surface area contributed by atoms with Gasteiger partial charge in [0.25, 0.3) is 0 Å². The van der Waals surface area contributed by atoms with Gasteiger partial charge >= 0.3 is 0 Å². The van der Waals surface area contributed by atoms with Gasteiger partial charge in [0.15, 0.2) is 0 Å². The molecule has 0 fully saturated rings. The van der Waals surface area contributed by atoms with E-state index >= 15 is 0 Å². The first-order valence-corrected chi connectivity index (χ1v) is 7.34. The summed E-state index contributed by atoms with van der Waals surface area (Å²) in [5.41, 5.74) is 7.13. The summed E-state index contributed by atoms with van der Waals surface area (Å²) in [6.45, 7) is 2.17. The molecule has 0 aromatic heterocycles. The predicted octanol–water partition coefficient (Wildman–Crippen LogP) is 3.39. The van der Waals surface area contributed by atoms with Crippen LogP contribution < -0.4 is 11.3 Å². The monoisotopic (exact) mass is 268 g/mol. The zero-order valence-electron chi connectivity index (χ0n) is 12.2. The Morgan fingerprint density at radius 2 is 1.55 bits per heavy atom. The van der Waals surface area contributed by atoms with Gasteiger partial charge in [0.2, 0.25) is 0 Å². The van der Waals surface area contributed by atoms with Gasteiger partial charge in [-0.15, -0.1) is 0 Å². The van der Waals surface area contributed by atoms with E-state index in [2.05, 4.69) is 66.9 Å². The van der Waals surface area contributed by atoms with Crippen molar-refractivity contribution in [3.63, 3.8) is 0 Å². The summed E-state index contributed by atoms with van der Waals surface area (Å²) in [5.74, 6) is 5.69. The molecule has 0 aliphatic heterocycles. The highest BCUT2D eigenvalue weighted by Crippen LogP contribution is 2.13. The third kappa shape index (κ3) is 4.48. The van der Waals surface area contributed by atoms with Crippen molar-refractivity contribution in [2.45, 2.75) is 38.6 Å². The van der Waals surface area contributed by atoms with E-state index in [1.807, 2.05) is 0 Å². The number of benzene rings is 2. The van der Waals surface area contributed by atoms with Crippen LogP contribution in [0.5, 0.6) is 0 Å². The first-order valence-electron chi connectivity index (χ1n) is 7.34. The molecule has 106 valence electrons. The molecule has 0 spiro atoms. The van der Waals surface area contributed by atoms with Crippen LogP contribution >= 0.6 is 0 Å². The lowest BCUT2D eigenvalue weighted by atomic mass is 9.97. The van der Waals surface area contributed by atoms with Crippen molar-refractivity contribution in [1.82, 2.24) is 5.43 Å². The lowest BCUT2D eigenvalue weighted by Gasteiger charge is -2.16. The van der Waals surface area contributed by atoms with Crippen molar-refractivity contribution < 1.29 is 0 Å². The van der Waals surface area contributed by atoms with Gasteiger partial charge in [-0.2, -0.15) is 0 Å². The van der Waals surface area contributed by atoms with Crippen molar-refractivity contribution in [1.29, 1.82) is 0 Å². The van der Waals surface area contributed by atoms with Gasteiger partial charge in [0, 0.05) is 6.04 Å². The average Bonchev–Trinajstić information content (AvgIpc) is 2.50. The Bertz CT molecular complexity index is 508. The lowest BCUT2D eigenvalue weighted by Crippen LogP contribution is -2.35. The summed E-state index contributed by atoms with van der Waals surface area (Å²) in [6.07, 6.45) is 4.31. The number of hydrogen-bond donors (Lipinski definition) is 2. The minimum Gasteiger partial charge on any atom is -0.271 e. The Morgan fingerprint density at radius 3 is 2.25 bits per heavy atom. The first kappa shape index (κ1) is 14.8. The number of aryl methyl sites for hydroxylation is 3. The van der Waals surface area contributed by atoms with Crippen molar-refractivity contribution in [3.8, 4) is 0 Å². The zero-order chi connectivity index (χ0) is 14.2. The highest BCUT2D eigenvalue weighted by Gasteiger charge is 2.08. The second kappa shape index (κ2) is 7.83. The van der Waals surface area contributed by atoms with Gasteiger partial charge in [-0.3, -0.25) is 11.3 Å². The number of hydrazine groups is 1. The molecule has 0 amide bonds. The lowest BCUT2D eigenvalue weighted by molar-refractivity contribution is 0.464. The van der Waals surface area contributed by atoms with E-state index in [9.17, 15) is 0 Å². The van der Waals surface area contributed by atoms with Crippen LogP contribution in [0.25, 0.3) is 0 Å². The van der Waals surface area contributed by atoms with Gasteiger partial charge in [-0.1, -0.05) is 54.6 Å². The van der Waals surface area contributed by atoms with Crippen LogP contribution in [0.4, 0.5) is 0 Å². The standard InChI is InChI=1S/C18H24N2/c1-15-7-5-6-10-17(15)12-14-18(20-19)13-11-16-8-3-2-4-9-16/h2-10,18,20H,11-14,19H2,1H3. The van der Waals surface area contributed by atoms with E-state index in [1.54, 1.807) is 0 Å². The third-order valence-electron chi connectivity index (χ3n) is 3.88. The van der Waals surface area contributed by atoms with E-state index in [1.165, 1.54) is 16.7 Å². The maximum absolute atomic E-state index is 5.69. The summed E-state index contributed by atoms with van der Waals surface area (Å²) in [6, 6.07) is 19.5. The van der Waals surface area contributed by atoms with Crippen molar-refractivity contribution in [2.75, 3.05) is 0 Å². The fraction of sp³-hybridized carbons (Fsp3) is 0.333. The largest absolute Gasteiger partial charge is 0.271 e. The molecule has 0 bridgehead atoms. The molecule has 0 saturated heterocycles. The fourth-order valence-corrected chi connectivity index (χ4v) is 2.52. The maximum Gasteiger partial charge on any atom is 0.0216 e. The second-order valence-corrected chi connectivity index (χ2v) is 5.35. The van der Waals surface area contributed by atoms with Crippen LogP contribution in [0.15, 0.2) is 54.6 Å². The Morgan fingerprint density at radius 1 is 0.900 bits per heavy atom. The Kier molecular flexibility index (Phi) is 5.78. The summed E-state index contributed by atoms with van der Waals surface area (Å²) in [7, 11) is 0. The zero-order valence-corrected chi connectivity index (χ0v) is 12.2. The quantitative estimate of drug-likeness (QED) is 0.596. The smallest absolute Gasteiger partial charge is 0.0216 e. The van der Waals surface area contributed by atoms with Crippen LogP contribution in [0, 0.1) is 6.92 Å². The van der Waals surface area contributed by atoms with E-state index in [-0.39, 0.29) is 0 Å². The number of nitrogens with one attached hydrogen (secondary N) is 1. The maximum atomic E-state index is 5.69. The predicted molar refractivity (Wildman–Crippen MR) is 85.4 cm³/mol. The van der Waals surface area contributed by atoms with Crippen LogP contribution in [0.2, 0.25) is 0 Å². The minimum absolute atomic E-state index is 0.370. The summed E-state index contributed by atoms with van der Waals surface area (Å²) < 4.78 is 0. The molecule has 2 nitrogen and oxygen atoms in total. The minimum atomic E-state index is 0.370. The first-order chi connectivity index (χ1) is 9.79. The molecule has 0 heterocycles. The molecule has 2 aromatic rings. The van der Waals surface area contributed by atoms with Crippen molar-refractivity contribution in [2.24, 2.45) is 5.84 Å². The molecule has 0 saturated carbocycles. The SMILES string of the molecule is Cc1ccccc1CCC(CCc1ccccc1)NN. The van der Waals surface area contributed by atoms with Gasteiger partial charge in [0.1, 0.15) is 0 Å². The number of hydrogen-bond acceptors (Lipinski definition) is 2. The average molecular weight is 268 g/mol. The molecule has 2 aromatic carbocycles. The molecule has 1 atom stereocenters. The van der Waals surface area contributed by atoms with E-state index in [0.29, 0.717) is 6.04 Å². The summed E-state index contributed by atoms with van der Waals surface area (Å²) >= 11 is 0. The Labute approximate surface area is 122 Å². The van der Waals surface area contributed by atoms with Gasteiger partial charge in [0.05, 0.1) is 0 Å². The molecular formula is C18H24N2. The molecule has 2 rings (SSSR count). The van der Waals surface area contributed by atoms with Crippen LogP contribution in [0.1, 0.15) is 29.5 Å². The van der Waals surface area contributed by atoms with Crippen molar-refractivity contribution >= 4 is 0 Å². The molecule has 2 heteroatoms.